The molecule has 0 N–H and O–H groups in total. The van der Waals surface area contributed by atoms with Crippen molar-refractivity contribution >= 4 is 21.7 Å². The monoisotopic (exact) mass is 321 g/mol. The van der Waals surface area contributed by atoms with Crippen molar-refractivity contribution in [3.05, 3.63) is 46.6 Å². The van der Waals surface area contributed by atoms with Crippen LogP contribution in [-0.4, -0.2) is 16.8 Å². The smallest absolute Gasteiger partial charge is 0.130 e. The number of hydrogen-bond donors (Lipinski definition) is 0. The zero-order valence-corrected chi connectivity index (χ0v) is 13.5. The molecule has 2 aromatic rings. The van der Waals surface area contributed by atoms with E-state index in [2.05, 4.69) is 71.1 Å². The maximum atomic E-state index is 4.51. The van der Waals surface area contributed by atoms with Crippen LogP contribution in [0.25, 0.3) is 0 Å². The van der Waals surface area contributed by atoms with E-state index in [0.29, 0.717) is 0 Å². The van der Waals surface area contributed by atoms with Crippen LogP contribution in [0, 0.1) is 13.8 Å². The zero-order valence-electron chi connectivity index (χ0n) is 11.9. The first-order chi connectivity index (χ1) is 9.04. The molecule has 0 spiro atoms. The first kappa shape index (κ1) is 14.1. The van der Waals surface area contributed by atoms with Crippen molar-refractivity contribution < 1.29 is 0 Å². The molecule has 0 unspecified atom stereocenters. The summed E-state index contributed by atoms with van der Waals surface area (Å²) in [5.74, 6) is 1.18. The highest BCUT2D eigenvalue weighted by atomic mass is 79.9. The lowest BCUT2D eigenvalue weighted by atomic mass is 10.1. The van der Waals surface area contributed by atoms with E-state index in [1.54, 1.807) is 0 Å². The van der Waals surface area contributed by atoms with Crippen molar-refractivity contribution in [3.63, 3.8) is 0 Å². The van der Waals surface area contributed by atoms with Gasteiger partial charge in [0.05, 0.1) is 5.69 Å². The van der Waals surface area contributed by atoms with Crippen LogP contribution in [0.3, 0.4) is 0 Å². The lowest BCUT2D eigenvalue weighted by Gasteiger charge is -2.21. The SMILES string of the molecule is Cc1ccccc1CN(C)c1c(CBr)c(C)nn1C. The van der Waals surface area contributed by atoms with E-state index in [1.807, 2.05) is 11.7 Å². The maximum absolute atomic E-state index is 4.51. The number of aryl methyl sites for hydroxylation is 3. The van der Waals surface area contributed by atoms with Crippen molar-refractivity contribution in [1.82, 2.24) is 9.78 Å². The Morgan fingerprint density at radius 2 is 1.95 bits per heavy atom. The summed E-state index contributed by atoms with van der Waals surface area (Å²) in [6, 6.07) is 8.51. The molecule has 0 saturated carbocycles. The molecule has 102 valence electrons. The van der Waals surface area contributed by atoms with Crippen LogP contribution in [0.1, 0.15) is 22.4 Å². The summed E-state index contributed by atoms with van der Waals surface area (Å²) in [6.45, 7) is 5.11. The predicted octanol–water partition coefficient (Wildman–Crippen LogP) is 3.57. The molecule has 3 nitrogen and oxygen atoms in total. The van der Waals surface area contributed by atoms with Gasteiger partial charge in [-0.2, -0.15) is 5.10 Å². The van der Waals surface area contributed by atoms with Crippen molar-refractivity contribution in [2.24, 2.45) is 7.05 Å². The van der Waals surface area contributed by atoms with Crippen LogP contribution in [0.2, 0.25) is 0 Å². The largest absolute Gasteiger partial charge is 0.355 e. The summed E-state index contributed by atoms with van der Waals surface area (Å²) in [4.78, 5) is 2.26. The van der Waals surface area contributed by atoms with Gasteiger partial charge in [-0.3, -0.25) is 4.68 Å². The molecule has 0 amide bonds. The van der Waals surface area contributed by atoms with Crippen LogP contribution in [0.15, 0.2) is 24.3 Å². The fourth-order valence-corrected chi connectivity index (χ4v) is 3.10. The third-order valence-electron chi connectivity index (χ3n) is 3.48. The summed E-state index contributed by atoms with van der Waals surface area (Å²) in [6.07, 6.45) is 0. The fraction of sp³-hybridized carbons (Fsp3) is 0.400. The average Bonchev–Trinajstić information content (AvgIpc) is 2.66. The normalized spacial score (nSPS) is 10.8. The van der Waals surface area contributed by atoms with E-state index < -0.39 is 0 Å². The van der Waals surface area contributed by atoms with Crippen LogP contribution in [0.5, 0.6) is 0 Å². The van der Waals surface area contributed by atoms with Crippen molar-refractivity contribution in [2.45, 2.75) is 25.7 Å². The molecule has 0 atom stereocenters. The van der Waals surface area contributed by atoms with Gasteiger partial charge in [-0.15, -0.1) is 0 Å². The summed E-state index contributed by atoms with van der Waals surface area (Å²) in [7, 11) is 4.12. The van der Waals surface area contributed by atoms with Gasteiger partial charge in [-0.25, -0.2) is 0 Å². The molecule has 0 fully saturated rings. The van der Waals surface area contributed by atoms with E-state index >= 15 is 0 Å². The molecule has 0 saturated heterocycles. The number of benzene rings is 1. The zero-order chi connectivity index (χ0) is 14.0. The van der Waals surface area contributed by atoms with Gasteiger partial charge in [0.25, 0.3) is 0 Å². The fourth-order valence-electron chi connectivity index (χ4n) is 2.44. The van der Waals surface area contributed by atoms with Crippen LogP contribution in [0.4, 0.5) is 5.82 Å². The van der Waals surface area contributed by atoms with Gasteiger partial charge >= 0.3 is 0 Å². The third kappa shape index (κ3) is 2.84. The Morgan fingerprint density at radius 3 is 2.58 bits per heavy atom. The molecule has 0 bridgehead atoms. The second-order valence-corrected chi connectivity index (χ2v) is 5.49. The van der Waals surface area contributed by atoms with E-state index in [4.69, 9.17) is 0 Å². The summed E-state index contributed by atoms with van der Waals surface area (Å²) >= 11 is 3.56. The van der Waals surface area contributed by atoms with Crippen molar-refractivity contribution in [1.29, 1.82) is 0 Å². The quantitative estimate of drug-likeness (QED) is 0.803. The number of aromatic nitrogens is 2. The molecule has 0 radical (unpaired) electrons. The molecule has 1 aromatic heterocycles. The van der Waals surface area contributed by atoms with Gasteiger partial charge in [0.2, 0.25) is 0 Å². The molecule has 1 heterocycles. The van der Waals surface area contributed by atoms with Gasteiger partial charge in [-0.1, -0.05) is 40.2 Å². The lowest BCUT2D eigenvalue weighted by molar-refractivity contribution is 0.725. The van der Waals surface area contributed by atoms with Gasteiger partial charge in [0.1, 0.15) is 5.82 Å². The lowest BCUT2D eigenvalue weighted by Crippen LogP contribution is -2.21. The minimum Gasteiger partial charge on any atom is -0.355 e. The highest BCUT2D eigenvalue weighted by molar-refractivity contribution is 9.08. The molecule has 0 aliphatic rings. The number of hydrogen-bond acceptors (Lipinski definition) is 2. The average molecular weight is 322 g/mol. The third-order valence-corrected chi connectivity index (χ3v) is 4.04. The molecular weight excluding hydrogens is 302 g/mol. The van der Waals surface area contributed by atoms with Gasteiger partial charge in [0.15, 0.2) is 0 Å². The molecular formula is C15H20BrN3. The number of anilines is 1. The number of rotatable bonds is 4. The number of halogens is 1. The van der Waals surface area contributed by atoms with E-state index in [0.717, 1.165) is 17.6 Å². The summed E-state index contributed by atoms with van der Waals surface area (Å²) in [5.41, 5.74) is 5.03. The van der Waals surface area contributed by atoms with E-state index in [9.17, 15) is 0 Å². The van der Waals surface area contributed by atoms with Crippen molar-refractivity contribution in [3.8, 4) is 0 Å². The Labute approximate surface area is 123 Å². The minimum atomic E-state index is 0.833. The van der Waals surface area contributed by atoms with Crippen molar-refractivity contribution in [2.75, 3.05) is 11.9 Å². The Morgan fingerprint density at radius 1 is 1.26 bits per heavy atom. The Balaban J connectivity index is 2.30. The Hall–Kier alpha value is -1.29. The molecule has 1 aromatic carbocycles. The minimum absolute atomic E-state index is 0.833. The van der Waals surface area contributed by atoms with Crippen LogP contribution in [-0.2, 0) is 18.9 Å². The van der Waals surface area contributed by atoms with Gasteiger partial charge in [-0.05, 0) is 25.0 Å². The first-order valence-corrected chi connectivity index (χ1v) is 7.50. The molecule has 0 aliphatic heterocycles. The van der Waals surface area contributed by atoms with Crippen LogP contribution < -0.4 is 4.90 Å². The maximum Gasteiger partial charge on any atom is 0.130 e. The second kappa shape index (κ2) is 5.78. The molecule has 4 heteroatoms. The molecule has 0 aliphatic carbocycles. The van der Waals surface area contributed by atoms with Gasteiger partial charge in [0, 0.05) is 31.5 Å². The van der Waals surface area contributed by atoms with E-state index in [-0.39, 0.29) is 0 Å². The molecule has 19 heavy (non-hydrogen) atoms. The Bertz CT molecular complexity index is 575. The van der Waals surface area contributed by atoms with Crippen LogP contribution >= 0.6 is 15.9 Å². The highest BCUT2D eigenvalue weighted by Crippen LogP contribution is 2.26. The van der Waals surface area contributed by atoms with E-state index in [1.165, 1.54) is 22.5 Å². The summed E-state index contributed by atoms with van der Waals surface area (Å²) < 4.78 is 1.96. The second-order valence-electron chi connectivity index (χ2n) is 4.93. The number of nitrogens with zero attached hydrogens (tertiary/aromatic N) is 3. The first-order valence-electron chi connectivity index (χ1n) is 6.38. The predicted molar refractivity (Wildman–Crippen MR) is 83.9 cm³/mol. The molecule has 2 rings (SSSR count). The topological polar surface area (TPSA) is 21.1 Å². The standard InChI is InChI=1S/C15H20BrN3/c1-11-7-5-6-8-13(11)10-18(3)15-14(9-16)12(2)17-19(15)4/h5-8H,9-10H2,1-4H3. The van der Waals surface area contributed by atoms with Gasteiger partial charge < -0.3 is 4.90 Å². The highest BCUT2D eigenvalue weighted by Gasteiger charge is 2.16. The summed E-state index contributed by atoms with van der Waals surface area (Å²) in [5, 5.41) is 5.35. The Kier molecular flexibility index (Phi) is 4.30. The number of alkyl halides is 1.